The molecule has 0 aliphatic heterocycles. The fraction of sp³-hybridized carbons (Fsp3) is 0.200. The number of rotatable bonds is 9. The van der Waals surface area contributed by atoms with E-state index in [-0.39, 0.29) is 6.61 Å². The fourth-order valence-electron chi connectivity index (χ4n) is 3.12. The molecule has 4 aromatic rings. The zero-order chi connectivity index (χ0) is 21.5. The molecule has 2 aromatic heterocycles. The molecule has 1 N–H and O–H groups in total. The molecule has 6 heteroatoms. The summed E-state index contributed by atoms with van der Waals surface area (Å²) in [6.07, 6.45) is 2.20. The minimum atomic E-state index is 0.0614. The molecule has 0 bridgehead atoms. The van der Waals surface area contributed by atoms with E-state index in [1.165, 1.54) is 0 Å². The Morgan fingerprint density at radius 2 is 1.71 bits per heavy atom. The van der Waals surface area contributed by atoms with Gasteiger partial charge < -0.3 is 19.0 Å². The maximum atomic E-state index is 9.16. The first-order valence-electron chi connectivity index (χ1n) is 10.1. The molecule has 0 saturated heterocycles. The second-order valence-corrected chi connectivity index (χ2v) is 7.05. The highest BCUT2D eigenvalue weighted by molar-refractivity contribution is 5.53. The second-order valence-electron chi connectivity index (χ2n) is 7.05. The number of benzene rings is 2. The molecule has 0 fully saturated rings. The van der Waals surface area contributed by atoms with Crippen LogP contribution in [0.1, 0.15) is 22.6 Å². The normalized spacial score (nSPS) is 10.8. The number of aliphatic hydroxyl groups excluding tert-OH is 1. The van der Waals surface area contributed by atoms with Crippen LogP contribution < -0.4 is 9.47 Å². The fourth-order valence-corrected chi connectivity index (χ4v) is 3.12. The Bertz CT molecular complexity index is 1110. The van der Waals surface area contributed by atoms with Gasteiger partial charge in [-0.3, -0.25) is 0 Å². The topological polar surface area (TPSA) is 77.6 Å². The monoisotopic (exact) mass is 416 g/mol. The van der Waals surface area contributed by atoms with E-state index in [0.29, 0.717) is 31.4 Å². The predicted octanol–water partition coefficient (Wildman–Crippen LogP) is 4.74. The van der Waals surface area contributed by atoms with Crippen molar-refractivity contribution < 1.29 is 19.0 Å². The maximum absolute atomic E-state index is 9.16. The molecule has 0 unspecified atom stereocenters. The van der Waals surface area contributed by atoms with Gasteiger partial charge in [0.15, 0.2) is 0 Å². The lowest BCUT2D eigenvalue weighted by atomic mass is 10.2. The molecule has 2 heterocycles. The van der Waals surface area contributed by atoms with Gasteiger partial charge >= 0.3 is 0 Å². The molecule has 0 atom stereocenters. The van der Waals surface area contributed by atoms with Crippen LogP contribution in [-0.4, -0.2) is 21.7 Å². The quantitative estimate of drug-likeness (QED) is 0.425. The van der Waals surface area contributed by atoms with Crippen LogP contribution >= 0.6 is 0 Å². The van der Waals surface area contributed by atoms with E-state index in [2.05, 4.69) is 9.97 Å². The Morgan fingerprint density at radius 1 is 0.903 bits per heavy atom. The van der Waals surface area contributed by atoms with Crippen LogP contribution in [0.25, 0.3) is 11.5 Å². The van der Waals surface area contributed by atoms with Crippen molar-refractivity contribution >= 4 is 0 Å². The third kappa shape index (κ3) is 5.29. The molecule has 158 valence electrons. The first-order valence-corrected chi connectivity index (χ1v) is 10.1. The van der Waals surface area contributed by atoms with Crippen molar-refractivity contribution in [1.29, 1.82) is 0 Å². The molecule has 0 saturated carbocycles. The van der Waals surface area contributed by atoms with Gasteiger partial charge in [0.05, 0.1) is 0 Å². The summed E-state index contributed by atoms with van der Waals surface area (Å²) in [7, 11) is 0. The number of hydrogen-bond donors (Lipinski definition) is 1. The van der Waals surface area contributed by atoms with E-state index >= 15 is 0 Å². The SMILES string of the molecule is Cc1oc(-c2ccccc2)nc1COc1ccc(COc2ncccc2CCO)cc1. The lowest BCUT2D eigenvalue weighted by molar-refractivity contribution is 0.276. The maximum Gasteiger partial charge on any atom is 0.226 e. The van der Waals surface area contributed by atoms with E-state index in [9.17, 15) is 0 Å². The van der Waals surface area contributed by atoms with Gasteiger partial charge in [0.2, 0.25) is 11.8 Å². The zero-order valence-electron chi connectivity index (χ0n) is 17.3. The van der Waals surface area contributed by atoms with Crippen LogP contribution in [0.3, 0.4) is 0 Å². The molecule has 0 aliphatic carbocycles. The highest BCUT2D eigenvalue weighted by atomic mass is 16.5. The molecule has 0 aliphatic rings. The van der Waals surface area contributed by atoms with Gasteiger partial charge in [-0.2, -0.15) is 0 Å². The van der Waals surface area contributed by atoms with E-state index < -0.39 is 0 Å². The summed E-state index contributed by atoms with van der Waals surface area (Å²) < 4.78 is 17.5. The van der Waals surface area contributed by atoms with Crippen LogP contribution in [0.5, 0.6) is 11.6 Å². The van der Waals surface area contributed by atoms with Crippen LogP contribution in [0, 0.1) is 6.92 Å². The first kappa shape index (κ1) is 20.6. The van der Waals surface area contributed by atoms with E-state index in [0.717, 1.165) is 33.9 Å². The molecule has 0 radical (unpaired) electrons. The molecule has 4 rings (SSSR count). The Labute approximate surface area is 181 Å². The highest BCUT2D eigenvalue weighted by Gasteiger charge is 2.12. The van der Waals surface area contributed by atoms with Crippen molar-refractivity contribution in [3.8, 4) is 23.1 Å². The van der Waals surface area contributed by atoms with Crippen molar-refractivity contribution in [3.05, 3.63) is 95.5 Å². The number of aliphatic hydroxyl groups is 1. The van der Waals surface area contributed by atoms with Crippen molar-refractivity contribution in [2.45, 2.75) is 26.6 Å². The number of nitrogens with zero attached hydrogens (tertiary/aromatic N) is 2. The van der Waals surface area contributed by atoms with Crippen molar-refractivity contribution in [2.75, 3.05) is 6.61 Å². The number of aryl methyl sites for hydroxylation is 1. The molecule has 6 nitrogen and oxygen atoms in total. The lowest BCUT2D eigenvalue weighted by Crippen LogP contribution is -2.02. The van der Waals surface area contributed by atoms with E-state index in [1.54, 1.807) is 6.20 Å². The highest BCUT2D eigenvalue weighted by Crippen LogP contribution is 2.23. The van der Waals surface area contributed by atoms with Crippen LogP contribution in [0.2, 0.25) is 0 Å². The average molecular weight is 416 g/mol. The molecule has 0 amide bonds. The van der Waals surface area contributed by atoms with Gasteiger partial charge in [-0.15, -0.1) is 0 Å². The summed E-state index contributed by atoms with van der Waals surface area (Å²) in [6, 6.07) is 21.3. The molecular formula is C25H24N2O4. The van der Waals surface area contributed by atoms with Crippen molar-refractivity contribution in [3.63, 3.8) is 0 Å². The largest absolute Gasteiger partial charge is 0.487 e. The van der Waals surface area contributed by atoms with Gasteiger partial charge in [0.1, 0.15) is 30.4 Å². The number of aromatic nitrogens is 2. The van der Waals surface area contributed by atoms with Crippen LogP contribution in [0.4, 0.5) is 0 Å². The Balaban J connectivity index is 1.34. The lowest BCUT2D eigenvalue weighted by Gasteiger charge is -2.10. The van der Waals surface area contributed by atoms with Crippen LogP contribution in [-0.2, 0) is 19.6 Å². The molecule has 2 aromatic carbocycles. The summed E-state index contributed by atoms with van der Waals surface area (Å²) in [5, 5.41) is 9.16. The van der Waals surface area contributed by atoms with Gasteiger partial charge in [0, 0.05) is 30.4 Å². The second kappa shape index (κ2) is 9.91. The summed E-state index contributed by atoms with van der Waals surface area (Å²) >= 11 is 0. The van der Waals surface area contributed by atoms with Crippen molar-refractivity contribution in [1.82, 2.24) is 9.97 Å². The minimum Gasteiger partial charge on any atom is -0.487 e. The van der Waals surface area contributed by atoms with Gasteiger partial charge in [0.25, 0.3) is 0 Å². The van der Waals surface area contributed by atoms with E-state index in [1.807, 2.05) is 73.7 Å². The summed E-state index contributed by atoms with van der Waals surface area (Å²) in [5.74, 6) is 2.64. The number of pyridine rings is 1. The Kier molecular flexibility index (Phi) is 6.59. The standard InChI is InChI=1S/C25H24N2O4/c1-18-23(27-25(31-18)20-6-3-2-4-7-20)17-29-22-11-9-19(10-12-22)16-30-24-21(13-15-28)8-5-14-26-24/h2-12,14,28H,13,15-17H2,1H3. The summed E-state index contributed by atoms with van der Waals surface area (Å²) in [6.45, 7) is 2.67. The Hall–Kier alpha value is -3.64. The zero-order valence-corrected chi connectivity index (χ0v) is 17.3. The molecule has 0 spiro atoms. The van der Waals surface area contributed by atoms with Gasteiger partial charge in [-0.25, -0.2) is 9.97 Å². The molecular weight excluding hydrogens is 392 g/mol. The minimum absolute atomic E-state index is 0.0614. The Morgan fingerprint density at radius 3 is 2.48 bits per heavy atom. The third-order valence-electron chi connectivity index (χ3n) is 4.82. The number of hydrogen-bond acceptors (Lipinski definition) is 6. The summed E-state index contributed by atoms with van der Waals surface area (Å²) in [5.41, 5.74) is 3.61. The van der Waals surface area contributed by atoms with Crippen molar-refractivity contribution in [2.24, 2.45) is 0 Å². The smallest absolute Gasteiger partial charge is 0.226 e. The molecule has 31 heavy (non-hydrogen) atoms. The number of oxazole rings is 1. The number of ether oxygens (including phenoxy) is 2. The first-order chi connectivity index (χ1) is 15.2. The van der Waals surface area contributed by atoms with E-state index in [4.69, 9.17) is 19.0 Å². The van der Waals surface area contributed by atoms with Gasteiger partial charge in [-0.1, -0.05) is 36.4 Å². The summed E-state index contributed by atoms with van der Waals surface area (Å²) in [4.78, 5) is 8.81. The third-order valence-corrected chi connectivity index (χ3v) is 4.82. The predicted molar refractivity (Wildman–Crippen MR) is 117 cm³/mol. The van der Waals surface area contributed by atoms with Crippen LogP contribution in [0.15, 0.2) is 77.3 Å². The average Bonchev–Trinajstić information content (AvgIpc) is 3.19. The van der Waals surface area contributed by atoms with Gasteiger partial charge in [-0.05, 0) is 42.8 Å².